The fraction of sp³-hybridized carbons (Fsp3) is 0.481. The molecule has 0 aliphatic carbocycles. The van der Waals surface area contributed by atoms with Gasteiger partial charge in [-0.1, -0.05) is 12.1 Å². The summed E-state index contributed by atoms with van der Waals surface area (Å²) in [6, 6.07) is 15.0. The van der Waals surface area contributed by atoms with Crippen LogP contribution in [-0.4, -0.2) is 61.8 Å². The normalized spacial score (nSPS) is 17.3. The number of anilines is 2. The zero-order chi connectivity index (χ0) is 24.6. The maximum absolute atomic E-state index is 13.3. The van der Waals surface area contributed by atoms with Crippen LogP contribution in [0, 0.1) is 5.82 Å². The Labute approximate surface area is 206 Å². The zero-order valence-corrected chi connectivity index (χ0v) is 20.3. The summed E-state index contributed by atoms with van der Waals surface area (Å²) in [5, 5.41) is 6.69. The van der Waals surface area contributed by atoms with Gasteiger partial charge in [0.1, 0.15) is 5.82 Å². The smallest absolute Gasteiger partial charge is 0.409 e. The molecule has 0 unspecified atom stereocenters. The van der Waals surface area contributed by atoms with Crippen LogP contribution in [-0.2, 0) is 16.0 Å². The lowest BCUT2D eigenvalue weighted by molar-refractivity contribution is -0.115. The topological polar surface area (TPSA) is 73.9 Å². The molecule has 2 aliphatic rings. The summed E-state index contributed by atoms with van der Waals surface area (Å²) in [5.41, 5.74) is 2.54. The minimum absolute atomic E-state index is 0.141. The first-order chi connectivity index (χ1) is 17.0. The van der Waals surface area contributed by atoms with E-state index in [2.05, 4.69) is 15.5 Å². The lowest BCUT2D eigenvalue weighted by atomic mass is 9.99. The predicted molar refractivity (Wildman–Crippen MR) is 135 cm³/mol. The number of nitrogens with one attached hydrogen (secondary N) is 2. The Kier molecular flexibility index (Phi) is 8.58. The molecule has 8 heteroatoms. The third-order valence-electron chi connectivity index (χ3n) is 6.76. The average molecular weight is 483 g/mol. The SMILES string of the molecule is CCOC(=O)N1CCC(NC2CCN(c3ccc(NC(=O)Cc4cccc(F)c4)cc3)CC2)CC1. The molecule has 2 aliphatic heterocycles. The quantitative estimate of drug-likeness (QED) is 0.619. The molecule has 35 heavy (non-hydrogen) atoms. The van der Waals surface area contributed by atoms with E-state index in [1.807, 2.05) is 31.2 Å². The molecule has 0 bridgehead atoms. The van der Waals surface area contributed by atoms with Gasteiger partial charge in [-0.2, -0.15) is 0 Å². The van der Waals surface area contributed by atoms with Gasteiger partial charge in [0.25, 0.3) is 0 Å². The molecular weight excluding hydrogens is 447 g/mol. The van der Waals surface area contributed by atoms with E-state index in [4.69, 9.17) is 4.74 Å². The summed E-state index contributed by atoms with van der Waals surface area (Å²) >= 11 is 0. The maximum atomic E-state index is 13.3. The number of rotatable bonds is 7. The van der Waals surface area contributed by atoms with Crippen molar-refractivity contribution in [3.63, 3.8) is 0 Å². The maximum Gasteiger partial charge on any atom is 0.409 e. The first kappa shape index (κ1) is 25.0. The number of halogens is 1. The molecule has 2 amide bonds. The second-order valence-electron chi connectivity index (χ2n) is 9.29. The lowest BCUT2D eigenvalue weighted by Gasteiger charge is -2.38. The van der Waals surface area contributed by atoms with Gasteiger partial charge in [0.05, 0.1) is 13.0 Å². The Bertz CT molecular complexity index is 984. The standard InChI is InChI=1S/C27H35FN4O3/c1-2-35-27(34)32-16-12-24(13-17-32)29-23-10-14-31(15-11-23)25-8-6-22(7-9-25)30-26(33)19-20-4-3-5-21(28)18-20/h3-9,18,23-24,29H,2,10-17,19H2,1H3,(H,30,33). The molecule has 0 radical (unpaired) electrons. The van der Waals surface area contributed by atoms with E-state index in [9.17, 15) is 14.0 Å². The van der Waals surface area contributed by atoms with Gasteiger partial charge in [-0.15, -0.1) is 0 Å². The monoisotopic (exact) mass is 482 g/mol. The molecule has 2 saturated heterocycles. The molecule has 2 fully saturated rings. The minimum Gasteiger partial charge on any atom is -0.450 e. The Morgan fingerprint density at radius 2 is 1.63 bits per heavy atom. The van der Waals surface area contributed by atoms with Gasteiger partial charge < -0.3 is 25.2 Å². The Morgan fingerprint density at radius 1 is 0.971 bits per heavy atom. The van der Waals surface area contributed by atoms with Crippen LogP contribution < -0.4 is 15.5 Å². The van der Waals surface area contributed by atoms with Crippen molar-refractivity contribution in [2.24, 2.45) is 0 Å². The van der Waals surface area contributed by atoms with Gasteiger partial charge in [0.2, 0.25) is 5.91 Å². The molecule has 0 aromatic heterocycles. The van der Waals surface area contributed by atoms with E-state index in [0.29, 0.717) is 24.3 Å². The highest BCUT2D eigenvalue weighted by Gasteiger charge is 2.27. The van der Waals surface area contributed by atoms with Gasteiger partial charge in [-0.3, -0.25) is 4.79 Å². The van der Waals surface area contributed by atoms with Gasteiger partial charge in [0.15, 0.2) is 0 Å². The van der Waals surface area contributed by atoms with Crippen LogP contribution in [0.5, 0.6) is 0 Å². The Hall–Kier alpha value is -3.13. The number of carbonyl (C=O) groups is 2. The fourth-order valence-electron chi connectivity index (χ4n) is 4.87. The van der Waals surface area contributed by atoms with Crippen molar-refractivity contribution in [2.75, 3.05) is 43.0 Å². The fourth-order valence-corrected chi connectivity index (χ4v) is 4.87. The highest BCUT2D eigenvalue weighted by molar-refractivity contribution is 5.92. The number of nitrogens with zero attached hydrogens (tertiary/aromatic N) is 2. The van der Waals surface area contributed by atoms with Crippen molar-refractivity contribution < 1.29 is 18.7 Å². The van der Waals surface area contributed by atoms with Crippen LogP contribution in [0.15, 0.2) is 48.5 Å². The highest BCUT2D eigenvalue weighted by Crippen LogP contribution is 2.23. The number of likely N-dealkylation sites (tertiary alicyclic amines) is 1. The van der Waals surface area contributed by atoms with Crippen molar-refractivity contribution in [1.82, 2.24) is 10.2 Å². The number of piperidine rings is 2. The molecule has 2 N–H and O–H groups in total. The summed E-state index contributed by atoms with van der Waals surface area (Å²) in [6.07, 6.45) is 4.02. The van der Waals surface area contributed by atoms with E-state index >= 15 is 0 Å². The summed E-state index contributed by atoms with van der Waals surface area (Å²) in [6.45, 7) is 5.71. The number of amides is 2. The van der Waals surface area contributed by atoms with Crippen LogP contribution in [0.25, 0.3) is 0 Å². The number of carbonyl (C=O) groups excluding carboxylic acids is 2. The lowest BCUT2D eigenvalue weighted by Crippen LogP contribution is -2.50. The van der Waals surface area contributed by atoms with Crippen molar-refractivity contribution in [2.45, 2.75) is 51.1 Å². The Balaban J connectivity index is 1.18. The van der Waals surface area contributed by atoms with Gasteiger partial charge in [0, 0.05) is 49.6 Å². The van der Waals surface area contributed by atoms with Crippen molar-refractivity contribution in [1.29, 1.82) is 0 Å². The van der Waals surface area contributed by atoms with Crippen LogP contribution in [0.2, 0.25) is 0 Å². The third kappa shape index (κ3) is 7.18. The zero-order valence-electron chi connectivity index (χ0n) is 20.3. The molecule has 0 spiro atoms. The molecule has 4 rings (SSSR count). The third-order valence-corrected chi connectivity index (χ3v) is 6.76. The van der Waals surface area contributed by atoms with Crippen LogP contribution in [0.1, 0.15) is 38.2 Å². The predicted octanol–water partition coefficient (Wildman–Crippen LogP) is 4.19. The first-order valence-electron chi connectivity index (χ1n) is 12.6. The molecule has 2 aromatic carbocycles. The Morgan fingerprint density at radius 3 is 2.26 bits per heavy atom. The number of ether oxygens (including phenoxy) is 1. The second-order valence-corrected chi connectivity index (χ2v) is 9.29. The molecule has 0 atom stereocenters. The van der Waals surface area contributed by atoms with E-state index in [1.54, 1.807) is 17.0 Å². The second kappa shape index (κ2) is 12.0. The first-order valence-corrected chi connectivity index (χ1v) is 12.6. The van der Waals surface area contributed by atoms with E-state index in [-0.39, 0.29) is 24.2 Å². The molecule has 2 heterocycles. The summed E-state index contributed by atoms with van der Waals surface area (Å²) in [5.74, 6) is -0.499. The molecule has 7 nitrogen and oxygen atoms in total. The largest absolute Gasteiger partial charge is 0.450 e. The number of hydrogen-bond donors (Lipinski definition) is 2. The summed E-state index contributed by atoms with van der Waals surface area (Å²) < 4.78 is 18.4. The van der Waals surface area contributed by atoms with Crippen molar-refractivity contribution >= 4 is 23.4 Å². The minimum atomic E-state index is -0.335. The van der Waals surface area contributed by atoms with Gasteiger partial charge >= 0.3 is 6.09 Å². The summed E-state index contributed by atoms with van der Waals surface area (Å²) in [4.78, 5) is 28.3. The average Bonchev–Trinajstić information content (AvgIpc) is 2.86. The molecule has 2 aromatic rings. The van der Waals surface area contributed by atoms with E-state index < -0.39 is 0 Å². The van der Waals surface area contributed by atoms with Gasteiger partial charge in [-0.25, -0.2) is 9.18 Å². The van der Waals surface area contributed by atoms with Crippen molar-refractivity contribution in [3.8, 4) is 0 Å². The van der Waals surface area contributed by atoms with Gasteiger partial charge in [-0.05, 0) is 74.6 Å². The molecular formula is C27H35FN4O3. The van der Waals surface area contributed by atoms with E-state index in [1.165, 1.54) is 12.1 Å². The van der Waals surface area contributed by atoms with Crippen LogP contribution in [0.4, 0.5) is 20.6 Å². The molecule has 0 saturated carbocycles. The van der Waals surface area contributed by atoms with Crippen molar-refractivity contribution in [3.05, 3.63) is 59.9 Å². The highest BCUT2D eigenvalue weighted by atomic mass is 19.1. The summed E-state index contributed by atoms with van der Waals surface area (Å²) in [7, 11) is 0. The van der Waals surface area contributed by atoms with Crippen LogP contribution in [0.3, 0.4) is 0 Å². The van der Waals surface area contributed by atoms with Crippen LogP contribution >= 0.6 is 0 Å². The van der Waals surface area contributed by atoms with E-state index in [0.717, 1.165) is 63.2 Å². The number of hydrogen-bond acceptors (Lipinski definition) is 5. The molecule has 188 valence electrons. The number of benzene rings is 2.